The number of unbranched alkanes of at least 4 members (excludes halogenated alkanes) is 8. The highest BCUT2D eigenvalue weighted by Crippen LogP contribution is 2.32. The van der Waals surface area contributed by atoms with Crippen molar-refractivity contribution in [2.45, 2.75) is 85.0 Å². The van der Waals surface area contributed by atoms with Gasteiger partial charge >= 0.3 is 5.97 Å². The maximum absolute atomic E-state index is 13.1. The summed E-state index contributed by atoms with van der Waals surface area (Å²) in [5.74, 6) is -0.317. The maximum Gasteiger partial charge on any atom is 0.355 e. The molecular weight excluding hydrogens is 374 g/mol. The number of esters is 1. The van der Waals surface area contributed by atoms with Gasteiger partial charge in [-0.15, -0.1) is 0 Å². The van der Waals surface area contributed by atoms with Crippen LogP contribution in [0.5, 0.6) is 0 Å². The Morgan fingerprint density at radius 2 is 1.47 bits per heavy atom. The van der Waals surface area contributed by atoms with Crippen LogP contribution in [-0.2, 0) is 4.74 Å². The van der Waals surface area contributed by atoms with Crippen molar-refractivity contribution in [2.75, 3.05) is 6.61 Å². The molecule has 4 heteroatoms. The average Bonchev–Trinajstić information content (AvgIpc) is 3.10. The molecular formula is C26H37NO3. The second-order valence-corrected chi connectivity index (χ2v) is 7.96. The molecule has 164 valence electrons. The van der Waals surface area contributed by atoms with Gasteiger partial charge in [0.25, 0.3) is 0 Å². The topological polar surface area (TPSA) is 59.2 Å². The Bertz CT molecular complexity index is 792. The van der Waals surface area contributed by atoms with Crippen LogP contribution in [0.1, 0.15) is 105 Å². The highest BCUT2D eigenvalue weighted by molar-refractivity contribution is 6.09. The second kappa shape index (κ2) is 13.0. The fourth-order valence-electron chi connectivity index (χ4n) is 3.94. The number of carbonyl (C=O) groups excluding carboxylic acids is 2. The van der Waals surface area contributed by atoms with Crippen molar-refractivity contribution in [3.63, 3.8) is 0 Å². The summed E-state index contributed by atoms with van der Waals surface area (Å²) in [6.07, 6.45) is 11.5. The van der Waals surface area contributed by atoms with Crippen molar-refractivity contribution in [1.29, 1.82) is 0 Å². The van der Waals surface area contributed by atoms with E-state index in [1.165, 1.54) is 44.9 Å². The molecule has 1 aromatic carbocycles. The van der Waals surface area contributed by atoms with Crippen LogP contribution in [-0.4, -0.2) is 23.3 Å². The van der Waals surface area contributed by atoms with Crippen LogP contribution in [0.3, 0.4) is 0 Å². The lowest BCUT2D eigenvalue weighted by Gasteiger charge is -2.08. The highest BCUT2D eigenvalue weighted by atomic mass is 16.5. The minimum Gasteiger partial charge on any atom is -0.461 e. The largest absolute Gasteiger partial charge is 0.461 e. The molecule has 1 aromatic heterocycles. The zero-order valence-electron chi connectivity index (χ0n) is 18.9. The Morgan fingerprint density at radius 1 is 0.867 bits per heavy atom. The van der Waals surface area contributed by atoms with Crippen molar-refractivity contribution in [2.24, 2.45) is 0 Å². The Morgan fingerprint density at radius 3 is 2.07 bits per heavy atom. The minimum atomic E-state index is -0.415. The first-order valence-corrected chi connectivity index (χ1v) is 11.6. The first kappa shape index (κ1) is 23.9. The zero-order chi connectivity index (χ0) is 21.8. The van der Waals surface area contributed by atoms with E-state index in [4.69, 9.17) is 4.74 Å². The molecule has 0 aliphatic carbocycles. The minimum absolute atomic E-state index is 0.0982. The molecule has 0 aliphatic heterocycles. The number of Topliss-reactive ketones (excluding diaryl/α,β-unsaturated/α-hetero) is 1. The Labute approximate surface area is 181 Å². The normalized spacial score (nSPS) is 10.9. The zero-order valence-corrected chi connectivity index (χ0v) is 18.9. The highest BCUT2D eigenvalue weighted by Gasteiger charge is 2.26. The van der Waals surface area contributed by atoms with Gasteiger partial charge in [-0.3, -0.25) is 4.79 Å². The van der Waals surface area contributed by atoms with Crippen molar-refractivity contribution < 1.29 is 14.3 Å². The third-order valence-electron chi connectivity index (χ3n) is 5.52. The monoisotopic (exact) mass is 411 g/mol. The first-order valence-electron chi connectivity index (χ1n) is 11.6. The summed E-state index contributed by atoms with van der Waals surface area (Å²) in [4.78, 5) is 28.7. The van der Waals surface area contributed by atoms with Gasteiger partial charge in [0.05, 0.1) is 6.61 Å². The molecule has 0 unspecified atom stereocenters. The smallest absolute Gasteiger partial charge is 0.355 e. The van der Waals surface area contributed by atoms with E-state index in [0.29, 0.717) is 29.8 Å². The van der Waals surface area contributed by atoms with Gasteiger partial charge in [0, 0.05) is 23.2 Å². The summed E-state index contributed by atoms with van der Waals surface area (Å²) in [7, 11) is 0. The van der Waals surface area contributed by atoms with Crippen molar-refractivity contribution in [3.05, 3.63) is 47.3 Å². The number of rotatable bonds is 14. The molecule has 0 bridgehead atoms. The van der Waals surface area contributed by atoms with E-state index < -0.39 is 5.97 Å². The lowest BCUT2D eigenvalue weighted by atomic mass is 9.95. The quantitative estimate of drug-likeness (QED) is 0.202. The molecule has 0 fully saturated rings. The summed E-state index contributed by atoms with van der Waals surface area (Å²) in [6.45, 7) is 6.18. The van der Waals surface area contributed by atoms with Crippen LogP contribution < -0.4 is 0 Å². The molecule has 0 amide bonds. The third kappa shape index (κ3) is 6.86. The van der Waals surface area contributed by atoms with Crippen molar-refractivity contribution >= 4 is 11.8 Å². The summed E-state index contributed by atoms with van der Waals surface area (Å²) in [6, 6.07) is 9.63. The molecule has 2 aromatic rings. The lowest BCUT2D eigenvalue weighted by Crippen LogP contribution is -2.07. The molecule has 1 heterocycles. The SMILES string of the molecule is CCCCCCCCCCCC(=O)c1c(C)[nH]c(C(=O)OCC)c1-c1ccccc1. The van der Waals surface area contributed by atoms with Crippen LogP contribution in [0.25, 0.3) is 11.1 Å². The summed E-state index contributed by atoms with van der Waals surface area (Å²) in [5, 5.41) is 0. The number of ether oxygens (including phenoxy) is 1. The number of aromatic nitrogens is 1. The number of carbonyl (C=O) groups is 2. The molecule has 0 radical (unpaired) electrons. The molecule has 2 rings (SSSR count). The molecule has 30 heavy (non-hydrogen) atoms. The van der Waals surface area contributed by atoms with E-state index in [-0.39, 0.29) is 5.78 Å². The fourth-order valence-corrected chi connectivity index (χ4v) is 3.94. The molecule has 0 atom stereocenters. The lowest BCUT2D eigenvalue weighted by molar-refractivity contribution is 0.0521. The van der Waals surface area contributed by atoms with E-state index >= 15 is 0 Å². The number of hydrogen-bond donors (Lipinski definition) is 1. The molecule has 0 aliphatic rings. The number of nitrogens with one attached hydrogen (secondary N) is 1. The number of aryl methyl sites for hydroxylation is 1. The van der Waals surface area contributed by atoms with Crippen molar-refractivity contribution in [1.82, 2.24) is 4.98 Å². The molecule has 0 spiro atoms. The van der Waals surface area contributed by atoms with Crippen LogP contribution in [0, 0.1) is 6.92 Å². The van der Waals surface area contributed by atoms with Crippen LogP contribution in [0.4, 0.5) is 0 Å². The number of benzene rings is 1. The van der Waals surface area contributed by atoms with E-state index in [1.54, 1.807) is 6.92 Å². The predicted octanol–water partition coefficient (Wildman–Crippen LogP) is 7.27. The summed E-state index contributed by atoms with van der Waals surface area (Å²) < 4.78 is 5.22. The van der Waals surface area contributed by atoms with Crippen LogP contribution >= 0.6 is 0 Å². The standard InChI is InChI=1S/C26H37NO3/c1-4-6-7-8-9-10-11-12-16-19-22(28)23-20(3)27-25(26(29)30-5-2)24(23)21-17-14-13-15-18-21/h13-15,17-18,27H,4-12,16,19H2,1-3H3. The van der Waals surface area contributed by atoms with Gasteiger partial charge in [-0.1, -0.05) is 88.6 Å². The Balaban J connectivity index is 2.02. The van der Waals surface area contributed by atoms with Crippen LogP contribution in [0.2, 0.25) is 0 Å². The third-order valence-corrected chi connectivity index (χ3v) is 5.52. The van der Waals surface area contributed by atoms with Gasteiger partial charge in [-0.2, -0.15) is 0 Å². The van der Waals surface area contributed by atoms with E-state index in [0.717, 1.165) is 24.1 Å². The first-order chi connectivity index (χ1) is 14.6. The van der Waals surface area contributed by atoms with Gasteiger partial charge in [-0.25, -0.2) is 4.79 Å². The van der Waals surface area contributed by atoms with Crippen LogP contribution in [0.15, 0.2) is 30.3 Å². The second-order valence-electron chi connectivity index (χ2n) is 7.96. The summed E-state index contributed by atoms with van der Waals surface area (Å²) >= 11 is 0. The molecule has 1 N–H and O–H groups in total. The number of aromatic amines is 1. The van der Waals surface area contributed by atoms with Gasteiger partial charge in [0.1, 0.15) is 5.69 Å². The number of H-pyrrole nitrogens is 1. The van der Waals surface area contributed by atoms with Crippen molar-refractivity contribution in [3.8, 4) is 11.1 Å². The molecule has 0 saturated heterocycles. The number of hydrogen-bond acceptors (Lipinski definition) is 3. The van der Waals surface area contributed by atoms with Gasteiger partial charge < -0.3 is 9.72 Å². The number of ketones is 1. The van der Waals surface area contributed by atoms with E-state index in [1.807, 2.05) is 37.3 Å². The predicted molar refractivity (Wildman–Crippen MR) is 123 cm³/mol. The molecule has 0 saturated carbocycles. The summed E-state index contributed by atoms with van der Waals surface area (Å²) in [5.41, 5.74) is 3.27. The van der Waals surface area contributed by atoms with Gasteiger partial charge in [0.15, 0.2) is 5.78 Å². The maximum atomic E-state index is 13.1. The van der Waals surface area contributed by atoms with E-state index in [9.17, 15) is 9.59 Å². The van der Waals surface area contributed by atoms with E-state index in [2.05, 4.69) is 11.9 Å². The average molecular weight is 412 g/mol. The Hall–Kier alpha value is -2.36. The molecule has 4 nitrogen and oxygen atoms in total. The fraction of sp³-hybridized carbons (Fsp3) is 0.538. The van der Waals surface area contributed by atoms with Gasteiger partial charge in [-0.05, 0) is 25.8 Å². The van der Waals surface area contributed by atoms with Gasteiger partial charge in [0.2, 0.25) is 0 Å². The Kier molecular flexibility index (Phi) is 10.4.